The molecule has 1 fully saturated rings. The van der Waals surface area contributed by atoms with Gasteiger partial charge in [0.25, 0.3) is 0 Å². The maximum Gasteiger partial charge on any atom is 0.416 e. The molecule has 1 aromatic carbocycles. The summed E-state index contributed by atoms with van der Waals surface area (Å²) in [4.78, 5) is 17.3. The van der Waals surface area contributed by atoms with Crippen LogP contribution in [0.3, 0.4) is 0 Å². The summed E-state index contributed by atoms with van der Waals surface area (Å²) in [5, 5.41) is 9.48. The van der Waals surface area contributed by atoms with Crippen LogP contribution in [0.25, 0.3) is 22.2 Å². The average Bonchev–Trinajstić information content (AvgIpc) is 3.56. The molecular formula is C22H18F3N3O3S. The molecule has 1 aliphatic carbocycles. The molecule has 10 heteroatoms. The molecule has 1 saturated carbocycles. The van der Waals surface area contributed by atoms with Gasteiger partial charge in [-0.1, -0.05) is 6.92 Å². The van der Waals surface area contributed by atoms with Gasteiger partial charge in [0, 0.05) is 24.8 Å². The maximum absolute atomic E-state index is 13.2. The van der Waals surface area contributed by atoms with E-state index in [0.29, 0.717) is 18.4 Å². The Kier molecular flexibility index (Phi) is 4.93. The lowest BCUT2D eigenvalue weighted by Gasteiger charge is -2.15. The van der Waals surface area contributed by atoms with E-state index in [1.807, 2.05) is 0 Å². The largest absolute Gasteiger partial charge is 0.416 e. The molecule has 0 bridgehead atoms. The number of nitrogens with zero attached hydrogens (tertiary/aromatic N) is 3. The van der Waals surface area contributed by atoms with E-state index < -0.39 is 32.4 Å². The summed E-state index contributed by atoms with van der Waals surface area (Å²) in [6.07, 6.45) is -0.692. The summed E-state index contributed by atoms with van der Waals surface area (Å²) in [6.45, 7) is 1.46. The fourth-order valence-corrected chi connectivity index (χ4v) is 4.79. The summed E-state index contributed by atoms with van der Waals surface area (Å²) >= 11 is 0. The number of alkyl halides is 3. The maximum atomic E-state index is 13.2. The van der Waals surface area contributed by atoms with Crippen LogP contribution in [0.15, 0.2) is 46.3 Å². The van der Waals surface area contributed by atoms with Crippen molar-refractivity contribution in [1.29, 1.82) is 5.26 Å². The number of aryl methyl sites for hydroxylation is 1. The van der Waals surface area contributed by atoms with Crippen LogP contribution in [-0.4, -0.2) is 23.7 Å². The zero-order valence-electron chi connectivity index (χ0n) is 17.2. The first-order chi connectivity index (χ1) is 14.9. The second kappa shape index (κ2) is 7.17. The molecule has 0 spiro atoms. The second-order valence-electron chi connectivity index (χ2n) is 7.88. The molecule has 0 amide bonds. The van der Waals surface area contributed by atoms with Crippen LogP contribution in [0, 0.1) is 11.3 Å². The highest BCUT2D eigenvalue weighted by molar-refractivity contribution is 7.91. The summed E-state index contributed by atoms with van der Waals surface area (Å²) in [5.74, 6) is -0.243. The van der Waals surface area contributed by atoms with Crippen molar-refractivity contribution in [3.63, 3.8) is 0 Å². The van der Waals surface area contributed by atoms with E-state index in [2.05, 4.69) is 11.1 Å². The van der Waals surface area contributed by atoms with Crippen molar-refractivity contribution in [3.05, 3.63) is 58.0 Å². The van der Waals surface area contributed by atoms with Gasteiger partial charge in [-0.25, -0.2) is 8.42 Å². The van der Waals surface area contributed by atoms with Gasteiger partial charge in [0.2, 0.25) is 0 Å². The predicted octanol–water partition coefficient (Wildman–Crippen LogP) is 3.97. The molecule has 3 aromatic rings. The minimum atomic E-state index is -4.57. The number of pyridine rings is 2. The lowest BCUT2D eigenvalue weighted by atomic mass is 9.98. The minimum absolute atomic E-state index is 0.0133. The Labute approximate surface area is 181 Å². The van der Waals surface area contributed by atoms with Crippen molar-refractivity contribution in [2.24, 2.45) is 7.05 Å². The smallest absolute Gasteiger partial charge is 0.350 e. The third kappa shape index (κ3) is 3.46. The lowest BCUT2D eigenvalue weighted by Crippen LogP contribution is -2.16. The first kappa shape index (κ1) is 22.0. The molecule has 0 aliphatic heterocycles. The summed E-state index contributed by atoms with van der Waals surface area (Å²) < 4.78 is 66.3. The molecule has 0 atom stereocenters. The van der Waals surface area contributed by atoms with E-state index in [1.54, 1.807) is 0 Å². The van der Waals surface area contributed by atoms with E-state index in [0.717, 1.165) is 18.2 Å². The molecule has 2 aromatic heterocycles. The van der Waals surface area contributed by atoms with E-state index in [9.17, 15) is 31.6 Å². The number of benzene rings is 1. The number of hydrogen-bond donors (Lipinski definition) is 0. The van der Waals surface area contributed by atoms with Crippen LogP contribution in [0.5, 0.6) is 0 Å². The highest BCUT2D eigenvalue weighted by atomic mass is 32.2. The van der Waals surface area contributed by atoms with Crippen molar-refractivity contribution >= 4 is 20.7 Å². The molecule has 2 heterocycles. The number of halogens is 3. The zero-order valence-corrected chi connectivity index (χ0v) is 18.0. The Bertz CT molecular complexity index is 1460. The van der Waals surface area contributed by atoms with Crippen molar-refractivity contribution < 1.29 is 21.6 Å². The Morgan fingerprint density at radius 2 is 1.94 bits per heavy atom. The number of rotatable bonds is 4. The number of nitriles is 1. The number of sulfone groups is 1. The number of hydrogen-bond acceptors (Lipinski definition) is 5. The SMILES string of the molecule is CCS(=O)(=O)c1cc(C2(C#N)CC2)cnc1-c1cn(C)c2cc(C(F)(F)F)ccc2c1=O. The average molecular weight is 461 g/mol. The topological polar surface area (TPSA) is 92.8 Å². The highest BCUT2D eigenvalue weighted by Gasteiger charge is 2.46. The Morgan fingerprint density at radius 1 is 1.25 bits per heavy atom. The Morgan fingerprint density at radius 3 is 2.50 bits per heavy atom. The van der Waals surface area contributed by atoms with Crippen LogP contribution in [0.2, 0.25) is 0 Å². The molecule has 32 heavy (non-hydrogen) atoms. The quantitative estimate of drug-likeness (QED) is 0.586. The molecule has 0 saturated heterocycles. The van der Waals surface area contributed by atoms with Gasteiger partial charge in [0.15, 0.2) is 15.3 Å². The lowest BCUT2D eigenvalue weighted by molar-refractivity contribution is -0.137. The van der Waals surface area contributed by atoms with E-state index in [4.69, 9.17) is 0 Å². The normalized spacial score (nSPS) is 15.5. The molecule has 1 aliphatic rings. The highest BCUT2D eigenvalue weighted by Crippen LogP contribution is 2.48. The van der Waals surface area contributed by atoms with Crippen LogP contribution in [0.4, 0.5) is 13.2 Å². The fraction of sp³-hybridized carbons (Fsp3) is 0.318. The van der Waals surface area contributed by atoms with E-state index in [-0.39, 0.29) is 32.8 Å². The molecule has 4 rings (SSSR count). The van der Waals surface area contributed by atoms with Gasteiger partial charge in [-0.15, -0.1) is 0 Å². The third-order valence-electron chi connectivity index (χ3n) is 5.86. The number of fused-ring (bicyclic) bond motifs is 1. The van der Waals surface area contributed by atoms with Gasteiger partial charge >= 0.3 is 6.18 Å². The van der Waals surface area contributed by atoms with Crippen LogP contribution < -0.4 is 5.43 Å². The molecule has 0 radical (unpaired) electrons. The van der Waals surface area contributed by atoms with Crippen LogP contribution in [0.1, 0.15) is 30.9 Å². The Hall–Kier alpha value is -3.19. The first-order valence-corrected chi connectivity index (χ1v) is 11.4. The second-order valence-corrected chi connectivity index (χ2v) is 10.1. The molecular weight excluding hydrogens is 443 g/mol. The first-order valence-electron chi connectivity index (χ1n) is 9.79. The monoisotopic (exact) mass is 461 g/mol. The zero-order chi connectivity index (χ0) is 23.5. The molecule has 6 nitrogen and oxygen atoms in total. The van der Waals surface area contributed by atoms with Crippen molar-refractivity contribution in [2.75, 3.05) is 5.75 Å². The summed E-state index contributed by atoms with van der Waals surface area (Å²) in [5.41, 5.74) is -1.87. The molecule has 0 N–H and O–H groups in total. The predicted molar refractivity (Wildman–Crippen MR) is 112 cm³/mol. The van der Waals surface area contributed by atoms with Gasteiger partial charge in [0.1, 0.15) is 0 Å². The summed E-state index contributed by atoms with van der Waals surface area (Å²) in [7, 11) is -2.34. The third-order valence-corrected chi connectivity index (χ3v) is 7.60. The fourth-order valence-electron chi connectivity index (χ4n) is 3.72. The number of aromatic nitrogens is 2. The van der Waals surface area contributed by atoms with Gasteiger partial charge in [-0.3, -0.25) is 9.78 Å². The molecule has 166 valence electrons. The summed E-state index contributed by atoms with van der Waals surface area (Å²) in [6, 6.07) is 6.37. The van der Waals surface area contributed by atoms with E-state index in [1.165, 1.54) is 37.0 Å². The van der Waals surface area contributed by atoms with Gasteiger partial charge in [0.05, 0.1) is 44.5 Å². The standard InChI is InChI=1S/C22H18F3N3O3S/c1-3-32(30,31)18-9-14(21(12-26)6-7-21)10-27-19(18)16-11-28(2)17-8-13(22(23,24)25)4-5-15(17)20(16)29/h4-5,8-11H,3,6-7H2,1-2H3. The van der Waals surface area contributed by atoms with Gasteiger partial charge in [-0.2, -0.15) is 18.4 Å². The van der Waals surface area contributed by atoms with E-state index >= 15 is 0 Å². The van der Waals surface area contributed by atoms with Crippen molar-refractivity contribution in [3.8, 4) is 17.3 Å². The van der Waals surface area contributed by atoms with Crippen molar-refractivity contribution in [2.45, 2.75) is 36.3 Å². The molecule has 0 unspecified atom stereocenters. The van der Waals surface area contributed by atoms with Crippen LogP contribution in [-0.2, 0) is 28.5 Å². The Balaban J connectivity index is 1.99. The van der Waals surface area contributed by atoms with Crippen molar-refractivity contribution in [1.82, 2.24) is 9.55 Å². The van der Waals surface area contributed by atoms with Gasteiger partial charge in [-0.05, 0) is 42.7 Å². The minimum Gasteiger partial charge on any atom is -0.350 e. The van der Waals surface area contributed by atoms with Crippen LogP contribution >= 0.6 is 0 Å². The van der Waals surface area contributed by atoms with Gasteiger partial charge < -0.3 is 4.57 Å².